The average molecular weight is 427 g/mol. The van der Waals surface area contributed by atoms with Gasteiger partial charge in [-0.2, -0.15) is 0 Å². The number of carbonyl (C=O) groups is 1. The Morgan fingerprint density at radius 2 is 1.90 bits per heavy atom. The van der Waals surface area contributed by atoms with Gasteiger partial charge in [0, 0.05) is 11.8 Å². The van der Waals surface area contributed by atoms with Crippen molar-refractivity contribution in [3.05, 3.63) is 23.3 Å². The number of hydrogen-bond donors (Lipinski definition) is 1. The van der Waals surface area contributed by atoms with Gasteiger partial charge in [-0.3, -0.25) is 4.79 Å². The van der Waals surface area contributed by atoms with Gasteiger partial charge in [0.15, 0.2) is 0 Å². The summed E-state index contributed by atoms with van der Waals surface area (Å²) in [6.07, 6.45) is 13.3. The summed E-state index contributed by atoms with van der Waals surface area (Å²) in [7, 11) is 0. The SMILES string of the molecule is CC(C)=CCC[C@@H](C)[C@H]1C(O)C[C@H]2[C@@H]3CC=C4C(C)(C)C(=O)CC[C@]4(C)[C@H]3CC[C@]12C. The minimum atomic E-state index is -0.296. The zero-order valence-corrected chi connectivity index (χ0v) is 21.1. The Morgan fingerprint density at radius 3 is 2.58 bits per heavy atom. The molecule has 0 amide bonds. The molecule has 3 fully saturated rings. The molecule has 1 unspecified atom stereocenters. The molecule has 0 spiro atoms. The Labute approximate surface area is 191 Å². The first-order chi connectivity index (χ1) is 14.4. The number of aliphatic hydroxyl groups is 1. The van der Waals surface area contributed by atoms with Crippen molar-refractivity contribution in [1.82, 2.24) is 0 Å². The van der Waals surface area contributed by atoms with Gasteiger partial charge in [-0.1, -0.05) is 44.1 Å². The standard InChI is InChI=1S/C29H46O2/c1-18(2)9-8-10-19(3)26-23(30)17-22-20-11-12-24-27(4,5)25(31)14-16-28(24,6)21(20)13-15-29(22,26)7/h9,12,19-23,26,30H,8,10-11,13-17H2,1-7H3/t19-,20-,21+,22+,23?,26+,28-,29+/m1/s1. The van der Waals surface area contributed by atoms with Crippen molar-refractivity contribution >= 4 is 5.78 Å². The van der Waals surface area contributed by atoms with Crippen LogP contribution in [0.5, 0.6) is 0 Å². The summed E-state index contributed by atoms with van der Waals surface area (Å²) in [6, 6.07) is 0. The molecule has 1 N–H and O–H groups in total. The van der Waals surface area contributed by atoms with Crippen LogP contribution in [0, 0.1) is 45.8 Å². The molecule has 4 rings (SSSR count). The first-order valence-electron chi connectivity index (χ1n) is 13.0. The molecule has 3 saturated carbocycles. The van der Waals surface area contributed by atoms with E-state index in [9.17, 15) is 9.90 Å². The van der Waals surface area contributed by atoms with E-state index in [0.29, 0.717) is 35.4 Å². The summed E-state index contributed by atoms with van der Waals surface area (Å²) < 4.78 is 0. The molecule has 0 saturated heterocycles. The van der Waals surface area contributed by atoms with Crippen LogP contribution in [0.4, 0.5) is 0 Å². The van der Waals surface area contributed by atoms with Crippen LogP contribution in [-0.2, 0) is 4.79 Å². The monoisotopic (exact) mass is 426 g/mol. The van der Waals surface area contributed by atoms with Crippen molar-refractivity contribution in [3.8, 4) is 0 Å². The lowest BCUT2D eigenvalue weighted by Crippen LogP contribution is -2.53. The van der Waals surface area contributed by atoms with E-state index in [1.165, 1.54) is 30.4 Å². The molecule has 2 heteroatoms. The maximum atomic E-state index is 12.7. The summed E-state index contributed by atoms with van der Waals surface area (Å²) in [5.41, 5.74) is 2.96. The number of ketones is 1. The van der Waals surface area contributed by atoms with Crippen LogP contribution >= 0.6 is 0 Å². The number of aliphatic hydroxyl groups excluding tert-OH is 1. The maximum absolute atomic E-state index is 12.7. The third-order valence-electron chi connectivity index (χ3n) is 10.6. The highest BCUT2D eigenvalue weighted by atomic mass is 16.3. The quantitative estimate of drug-likeness (QED) is 0.486. The minimum Gasteiger partial charge on any atom is -0.393 e. The lowest BCUT2D eigenvalue weighted by Gasteiger charge is -2.60. The van der Waals surface area contributed by atoms with Crippen LogP contribution < -0.4 is 0 Å². The molecule has 0 aliphatic heterocycles. The third-order valence-corrected chi connectivity index (χ3v) is 10.6. The average Bonchev–Trinajstić information content (AvgIpc) is 2.95. The molecule has 0 radical (unpaired) electrons. The van der Waals surface area contributed by atoms with E-state index in [1.807, 2.05) is 0 Å². The van der Waals surface area contributed by atoms with Crippen molar-refractivity contribution in [2.75, 3.05) is 0 Å². The number of allylic oxidation sites excluding steroid dienone is 4. The summed E-state index contributed by atoms with van der Waals surface area (Å²) in [6.45, 7) is 16.1. The second-order valence-corrected chi connectivity index (χ2v) is 12.9. The first-order valence-corrected chi connectivity index (χ1v) is 13.0. The zero-order valence-electron chi connectivity index (χ0n) is 21.1. The van der Waals surface area contributed by atoms with E-state index in [0.717, 1.165) is 32.1 Å². The summed E-state index contributed by atoms with van der Waals surface area (Å²) in [5.74, 6) is 3.37. The minimum absolute atomic E-state index is 0.155. The predicted octanol–water partition coefficient (Wildman–Crippen LogP) is 7.12. The third kappa shape index (κ3) is 3.51. The molecule has 0 aromatic heterocycles. The van der Waals surface area contributed by atoms with Crippen molar-refractivity contribution in [1.29, 1.82) is 0 Å². The summed E-state index contributed by atoms with van der Waals surface area (Å²) in [5, 5.41) is 11.3. The molecular formula is C29H46O2. The number of hydrogen-bond acceptors (Lipinski definition) is 2. The molecule has 4 aliphatic rings. The van der Waals surface area contributed by atoms with Crippen LogP contribution in [0.2, 0.25) is 0 Å². The van der Waals surface area contributed by atoms with E-state index >= 15 is 0 Å². The second-order valence-electron chi connectivity index (χ2n) is 12.9. The van der Waals surface area contributed by atoms with Crippen LogP contribution in [0.15, 0.2) is 23.3 Å². The van der Waals surface area contributed by atoms with Gasteiger partial charge in [0.1, 0.15) is 5.78 Å². The molecule has 4 aliphatic carbocycles. The normalized spacial score (nSPS) is 44.6. The van der Waals surface area contributed by atoms with Crippen molar-refractivity contribution in [3.63, 3.8) is 0 Å². The number of rotatable bonds is 4. The van der Waals surface area contributed by atoms with Crippen LogP contribution in [0.1, 0.15) is 99.8 Å². The summed E-state index contributed by atoms with van der Waals surface area (Å²) >= 11 is 0. The van der Waals surface area contributed by atoms with Gasteiger partial charge in [0.05, 0.1) is 6.10 Å². The lowest BCUT2D eigenvalue weighted by atomic mass is 9.44. The Bertz CT molecular complexity index is 785. The lowest BCUT2D eigenvalue weighted by molar-refractivity contribution is -0.132. The van der Waals surface area contributed by atoms with Gasteiger partial charge in [-0.25, -0.2) is 0 Å². The molecule has 0 aromatic rings. The number of fused-ring (bicyclic) bond motifs is 5. The highest BCUT2D eigenvalue weighted by Gasteiger charge is 2.63. The van der Waals surface area contributed by atoms with E-state index in [-0.39, 0.29) is 22.3 Å². The van der Waals surface area contributed by atoms with E-state index in [4.69, 9.17) is 0 Å². The van der Waals surface area contributed by atoms with Gasteiger partial charge < -0.3 is 5.11 Å². The summed E-state index contributed by atoms with van der Waals surface area (Å²) in [4.78, 5) is 12.7. The van der Waals surface area contributed by atoms with Gasteiger partial charge in [-0.15, -0.1) is 0 Å². The van der Waals surface area contributed by atoms with E-state index in [1.54, 1.807) is 0 Å². The van der Waals surface area contributed by atoms with Crippen molar-refractivity contribution < 1.29 is 9.90 Å². The van der Waals surface area contributed by atoms with Gasteiger partial charge in [-0.05, 0) is 113 Å². The zero-order chi connectivity index (χ0) is 22.8. The van der Waals surface area contributed by atoms with Crippen LogP contribution in [-0.4, -0.2) is 17.0 Å². The van der Waals surface area contributed by atoms with Crippen molar-refractivity contribution in [2.45, 2.75) is 106 Å². The molecule has 8 atom stereocenters. The Balaban J connectivity index is 1.60. The molecule has 0 bridgehead atoms. The molecule has 2 nitrogen and oxygen atoms in total. The topological polar surface area (TPSA) is 37.3 Å². The molecule has 31 heavy (non-hydrogen) atoms. The van der Waals surface area contributed by atoms with Crippen LogP contribution in [0.25, 0.3) is 0 Å². The first kappa shape index (κ1) is 23.3. The van der Waals surface area contributed by atoms with Gasteiger partial charge >= 0.3 is 0 Å². The van der Waals surface area contributed by atoms with Gasteiger partial charge in [0.25, 0.3) is 0 Å². The smallest absolute Gasteiger partial charge is 0.142 e. The van der Waals surface area contributed by atoms with Crippen molar-refractivity contribution in [2.24, 2.45) is 45.8 Å². The molecule has 0 aromatic carbocycles. The Morgan fingerprint density at radius 1 is 1.19 bits per heavy atom. The Hall–Kier alpha value is -0.890. The second kappa shape index (κ2) is 7.86. The predicted molar refractivity (Wildman–Crippen MR) is 129 cm³/mol. The fourth-order valence-corrected chi connectivity index (χ4v) is 9.11. The van der Waals surface area contributed by atoms with Gasteiger partial charge in [0.2, 0.25) is 0 Å². The Kier molecular flexibility index (Phi) is 5.90. The fourth-order valence-electron chi connectivity index (χ4n) is 9.11. The van der Waals surface area contributed by atoms with E-state index in [2.05, 4.69) is 60.6 Å². The number of Topliss-reactive ketones (excluding diaryl/α,β-unsaturated/α-hetero) is 1. The molecule has 0 heterocycles. The maximum Gasteiger partial charge on any atom is 0.142 e. The van der Waals surface area contributed by atoms with Crippen LogP contribution in [0.3, 0.4) is 0 Å². The highest BCUT2D eigenvalue weighted by molar-refractivity contribution is 5.89. The highest BCUT2D eigenvalue weighted by Crippen LogP contribution is 2.68. The fraction of sp³-hybridized carbons (Fsp3) is 0.828. The van der Waals surface area contributed by atoms with E-state index < -0.39 is 0 Å². The largest absolute Gasteiger partial charge is 0.393 e. The molecular weight excluding hydrogens is 380 g/mol. The molecule has 174 valence electrons. The number of carbonyl (C=O) groups excluding carboxylic acids is 1.